The molecule has 2 unspecified atom stereocenters. The molecule has 0 spiro atoms. The Kier molecular flexibility index (Phi) is 3.30. The molecule has 13 heavy (non-hydrogen) atoms. The molecule has 0 saturated carbocycles. The van der Waals surface area contributed by atoms with E-state index in [2.05, 4.69) is 22.0 Å². The minimum absolute atomic E-state index is 0.0267. The largest absolute Gasteiger partial charge is 0.376 e. The summed E-state index contributed by atoms with van der Waals surface area (Å²) in [5, 5.41) is 0.0267. The number of halogens is 2. The summed E-state index contributed by atoms with van der Waals surface area (Å²) in [7, 11) is 0. The summed E-state index contributed by atoms with van der Waals surface area (Å²) in [5.74, 6) is 0. The van der Waals surface area contributed by atoms with Gasteiger partial charge in [0.2, 0.25) is 0 Å². The van der Waals surface area contributed by atoms with E-state index in [1.165, 1.54) is 4.88 Å². The van der Waals surface area contributed by atoms with E-state index >= 15 is 0 Å². The van der Waals surface area contributed by atoms with Crippen molar-refractivity contribution < 1.29 is 4.74 Å². The Hall–Kier alpha value is 0.430. The highest BCUT2D eigenvalue weighted by Gasteiger charge is 2.26. The molecular formula is C9H10BrClOS. The van der Waals surface area contributed by atoms with Crippen molar-refractivity contribution in [2.24, 2.45) is 0 Å². The smallest absolute Gasteiger partial charge is 0.0940 e. The summed E-state index contributed by atoms with van der Waals surface area (Å²) in [6.45, 7) is 0.862. The molecule has 1 aromatic rings. The van der Waals surface area contributed by atoms with Crippen molar-refractivity contribution in [3.8, 4) is 0 Å². The van der Waals surface area contributed by atoms with Crippen molar-refractivity contribution in [3.63, 3.8) is 0 Å². The molecule has 4 heteroatoms. The van der Waals surface area contributed by atoms with Crippen molar-refractivity contribution >= 4 is 38.9 Å². The number of rotatable bonds is 2. The van der Waals surface area contributed by atoms with Gasteiger partial charge in [-0.05, 0) is 40.9 Å². The fourth-order valence-corrected chi connectivity index (χ4v) is 3.35. The molecule has 0 bridgehead atoms. The maximum atomic E-state index is 6.29. The van der Waals surface area contributed by atoms with Crippen LogP contribution in [0.15, 0.2) is 15.9 Å². The number of hydrogen-bond acceptors (Lipinski definition) is 2. The normalized spacial score (nSPS) is 24.9. The highest BCUT2D eigenvalue weighted by Crippen LogP contribution is 2.37. The van der Waals surface area contributed by atoms with E-state index in [4.69, 9.17) is 16.3 Å². The lowest BCUT2D eigenvalue weighted by atomic mass is 10.1. The minimum Gasteiger partial charge on any atom is -0.376 e. The third-order valence-electron chi connectivity index (χ3n) is 2.16. The molecular weight excluding hydrogens is 272 g/mol. The summed E-state index contributed by atoms with van der Waals surface area (Å²) < 4.78 is 6.67. The van der Waals surface area contributed by atoms with Gasteiger partial charge >= 0.3 is 0 Å². The lowest BCUT2D eigenvalue weighted by molar-refractivity contribution is 0.108. The van der Waals surface area contributed by atoms with Crippen LogP contribution in [0.25, 0.3) is 0 Å². The third-order valence-corrected chi connectivity index (χ3v) is 4.51. The Morgan fingerprint density at radius 2 is 2.46 bits per heavy atom. The first-order valence-corrected chi connectivity index (χ1v) is 6.33. The first kappa shape index (κ1) is 9.97. The first-order chi connectivity index (χ1) is 6.27. The minimum atomic E-state index is 0.0267. The van der Waals surface area contributed by atoms with E-state index in [1.807, 2.05) is 6.07 Å². The predicted octanol–water partition coefficient (Wildman–Crippen LogP) is 3.97. The van der Waals surface area contributed by atoms with Gasteiger partial charge < -0.3 is 4.74 Å². The topological polar surface area (TPSA) is 9.23 Å². The molecule has 1 fully saturated rings. The summed E-state index contributed by atoms with van der Waals surface area (Å²) in [5.41, 5.74) is 0. The first-order valence-electron chi connectivity index (χ1n) is 4.28. The lowest BCUT2D eigenvalue weighted by Crippen LogP contribution is -2.11. The Morgan fingerprint density at radius 1 is 1.62 bits per heavy atom. The van der Waals surface area contributed by atoms with Crippen LogP contribution in [-0.2, 0) is 4.74 Å². The van der Waals surface area contributed by atoms with Crippen molar-refractivity contribution in [2.45, 2.75) is 24.3 Å². The molecule has 1 aliphatic rings. The maximum Gasteiger partial charge on any atom is 0.0940 e. The van der Waals surface area contributed by atoms with E-state index < -0.39 is 0 Å². The number of ether oxygens (including phenoxy) is 1. The zero-order chi connectivity index (χ0) is 9.26. The molecule has 72 valence electrons. The molecule has 0 radical (unpaired) electrons. The van der Waals surface area contributed by atoms with Crippen LogP contribution in [0.4, 0.5) is 0 Å². The van der Waals surface area contributed by atoms with Crippen molar-refractivity contribution in [1.29, 1.82) is 0 Å². The molecule has 0 N–H and O–H groups in total. The van der Waals surface area contributed by atoms with Crippen LogP contribution in [0.5, 0.6) is 0 Å². The second-order valence-corrected chi connectivity index (χ2v) is 6.06. The van der Waals surface area contributed by atoms with Gasteiger partial charge in [0.15, 0.2) is 0 Å². The molecule has 1 aromatic heterocycles. The van der Waals surface area contributed by atoms with Crippen LogP contribution >= 0.6 is 38.9 Å². The fourth-order valence-electron chi connectivity index (χ4n) is 1.49. The van der Waals surface area contributed by atoms with Crippen molar-refractivity contribution in [1.82, 2.24) is 0 Å². The van der Waals surface area contributed by atoms with Crippen LogP contribution in [0.2, 0.25) is 0 Å². The number of hydrogen-bond donors (Lipinski definition) is 0. The molecule has 1 nitrogen and oxygen atoms in total. The third kappa shape index (κ3) is 2.27. The van der Waals surface area contributed by atoms with E-state index in [9.17, 15) is 0 Å². The fraction of sp³-hybridized carbons (Fsp3) is 0.556. The van der Waals surface area contributed by atoms with E-state index in [-0.39, 0.29) is 11.5 Å². The second-order valence-electron chi connectivity index (χ2n) is 3.10. The zero-order valence-electron chi connectivity index (χ0n) is 7.00. The van der Waals surface area contributed by atoms with Gasteiger partial charge in [0.05, 0.1) is 15.3 Å². The van der Waals surface area contributed by atoms with Gasteiger partial charge in [0, 0.05) is 11.5 Å². The van der Waals surface area contributed by atoms with Crippen molar-refractivity contribution in [3.05, 3.63) is 20.8 Å². The summed E-state index contributed by atoms with van der Waals surface area (Å²) >= 11 is 11.4. The van der Waals surface area contributed by atoms with Gasteiger partial charge in [-0.1, -0.05) is 0 Å². The Bertz CT molecular complexity index is 283. The molecule has 1 aliphatic heterocycles. The quantitative estimate of drug-likeness (QED) is 0.745. The highest BCUT2D eigenvalue weighted by atomic mass is 79.9. The van der Waals surface area contributed by atoms with Crippen LogP contribution < -0.4 is 0 Å². The Labute approximate surface area is 95.2 Å². The standard InChI is InChI=1S/C9H10BrClOS/c10-8-4-3-7(13-8)9(11)6-2-1-5-12-6/h3-4,6,9H,1-2,5H2. The SMILES string of the molecule is ClC(c1ccc(Br)s1)C1CCCO1. The molecule has 2 heterocycles. The number of thiophene rings is 1. The van der Waals surface area contributed by atoms with Crippen molar-refractivity contribution in [2.75, 3.05) is 6.61 Å². The molecule has 2 rings (SSSR count). The van der Waals surface area contributed by atoms with Crippen LogP contribution in [0.1, 0.15) is 23.1 Å². The molecule has 1 saturated heterocycles. The van der Waals surface area contributed by atoms with E-state index in [1.54, 1.807) is 11.3 Å². The number of alkyl halides is 1. The predicted molar refractivity (Wildman–Crippen MR) is 59.6 cm³/mol. The van der Waals surface area contributed by atoms with Gasteiger partial charge in [0.1, 0.15) is 0 Å². The van der Waals surface area contributed by atoms with Gasteiger partial charge in [0.25, 0.3) is 0 Å². The maximum absolute atomic E-state index is 6.29. The van der Waals surface area contributed by atoms with Gasteiger partial charge in [-0.3, -0.25) is 0 Å². The van der Waals surface area contributed by atoms with Gasteiger partial charge in [-0.25, -0.2) is 0 Å². The molecule has 0 aliphatic carbocycles. The highest BCUT2D eigenvalue weighted by molar-refractivity contribution is 9.11. The van der Waals surface area contributed by atoms with Crippen LogP contribution in [-0.4, -0.2) is 12.7 Å². The summed E-state index contributed by atoms with van der Waals surface area (Å²) in [4.78, 5) is 1.19. The van der Waals surface area contributed by atoms with E-state index in [0.717, 1.165) is 23.2 Å². The monoisotopic (exact) mass is 280 g/mol. The van der Waals surface area contributed by atoms with E-state index in [0.29, 0.717) is 0 Å². The lowest BCUT2D eigenvalue weighted by Gasteiger charge is -2.14. The summed E-state index contributed by atoms with van der Waals surface area (Å²) in [6.07, 6.45) is 2.44. The zero-order valence-corrected chi connectivity index (χ0v) is 10.2. The van der Waals surface area contributed by atoms with Gasteiger partial charge in [-0.15, -0.1) is 22.9 Å². The van der Waals surface area contributed by atoms with Gasteiger partial charge in [-0.2, -0.15) is 0 Å². The molecule has 0 amide bonds. The van der Waals surface area contributed by atoms with Crippen LogP contribution in [0, 0.1) is 0 Å². The molecule has 0 aromatic carbocycles. The summed E-state index contributed by atoms with van der Waals surface area (Å²) in [6, 6.07) is 4.10. The second kappa shape index (κ2) is 4.30. The van der Waals surface area contributed by atoms with Crippen LogP contribution in [0.3, 0.4) is 0 Å². The average molecular weight is 282 g/mol. The Morgan fingerprint density at radius 3 is 3.00 bits per heavy atom. The molecule has 2 atom stereocenters. The Balaban J connectivity index is 2.07. The average Bonchev–Trinajstić information content (AvgIpc) is 2.72.